The number of carbonyl (C=O) groups is 1. The van der Waals surface area contributed by atoms with E-state index in [-0.39, 0.29) is 11.5 Å². The second-order valence-corrected chi connectivity index (χ2v) is 6.02. The number of hydrogen-bond acceptors (Lipinski definition) is 2. The molecule has 1 unspecified atom stereocenters. The number of halogens is 2. The van der Waals surface area contributed by atoms with E-state index in [2.05, 4.69) is 11.9 Å². The maximum Gasteiger partial charge on any atom is 0.336 e. The highest BCUT2D eigenvalue weighted by Crippen LogP contribution is 2.39. The molecule has 0 bridgehead atoms. The Morgan fingerprint density at radius 2 is 2.05 bits per heavy atom. The van der Waals surface area contributed by atoms with Gasteiger partial charge in [-0.15, -0.1) is 0 Å². The van der Waals surface area contributed by atoms with Gasteiger partial charge in [-0.3, -0.25) is 4.98 Å². The second kappa shape index (κ2) is 4.90. The molecule has 5 heteroatoms. The van der Waals surface area contributed by atoms with Crippen LogP contribution >= 0.6 is 23.2 Å². The van der Waals surface area contributed by atoms with E-state index in [1.54, 1.807) is 12.1 Å². The molecule has 1 atom stereocenters. The third kappa shape index (κ3) is 1.97. The van der Waals surface area contributed by atoms with Gasteiger partial charge < -0.3 is 5.11 Å². The van der Waals surface area contributed by atoms with Crippen molar-refractivity contribution in [1.29, 1.82) is 0 Å². The number of carboxylic acids is 1. The molecule has 0 spiro atoms. The van der Waals surface area contributed by atoms with Crippen LogP contribution in [0, 0.1) is 0 Å². The average Bonchev–Trinajstić information content (AvgIpc) is 2.41. The highest BCUT2D eigenvalue weighted by atomic mass is 35.5. The number of rotatable bonds is 1. The summed E-state index contributed by atoms with van der Waals surface area (Å²) in [6.45, 7) is 2.07. The normalized spacial score (nSPS) is 18.1. The van der Waals surface area contributed by atoms with Crippen LogP contribution in [0.1, 0.15) is 47.3 Å². The molecular formula is C15H13Cl2NO2. The molecule has 104 valence electrons. The minimum Gasteiger partial charge on any atom is -0.478 e. The standard InChI is InChI=1S/C15H13Cl2NO2/c1-7-3-2-4-8-11(15(19)20)12-9(16)5-6-10(17)14(12)18-13(7)8/h5-7H,2-4H2,1H3,(H,19,20). The Morgan fingerprint density at radius 1 is 1.35 bits per heavy atom. The zero-order valence-corrected chi connectivity index (χ0v) is 12.4. The van der Waals surface area contributed by atoms with E-state index in [4.69, 9.17) is 23.2 Å². The minimum atomic E-state index is -0.966. The van der Waals surface area contributed by atoms with Crippen molar-refractivity contribution in [3.05, 3.63) is 39.0 Å². The van der Waals surface area contributed by atoms with Gasteiger partial charge in [-0.2, -0.15) is 0 Å². The minimum absolute atomic E-state index is 0.247. The van der Waals surface area contributed by atoms with Gasteiger partial charge >= 0.3 is 5.97 Å². The van der Waals surface area contributed by atoms with Crippen LogP contribution in [0.5, 0.6) is 0 Å². The third-order valence-corrected chi connectivity index (χ3v) is 4.54. The Hall–Kier alpha value is -1.32. The predicted molar refractivity (Wildman–Crippen MR) is 80.1 cm³/mol. The summed E-state index contributed by atoms with van der Waals surface area (Å²) in [7, 11) is 0. The van der Waals surface area contributed by atoms with Gasteiger partial charge in [-0.1, -0.05) is 30.1 Å². The number of aromatic carboxylic acids is 1. The number of fused-ring (bicyclic) bond motifs is 2. The number of benzene rings is 1. The Balaban J connectivity index is 2.51. The summed E-state index contributed by atoms with van der Waals surface area (Å²) < 4.78 is 0. The maximum absolute atomic E-state index is 11.7. The van der Waals surface area contributed by atoms with E-state index in [0.717, 1.165) is 30.5 Å². The fourth-order valence-electron chi connectivity index (χ4n) is 2.97. The lowest BCUT2D eigenvalue weighted by molar-refractivity contribution is 0.0697. The van der Waals surface area contributed by atoms with Gasteiger partial charge in [-0.25, -0.2) is 4.79 Å². The first kappa shape index (κ1) is 13.7. The van der Waals surface area contributed by atoms with Gasteiger partial charge in [0.15, 0.2) is 0 Å². The van der Waals surface area contributed by atoms with Gasteiger partial charge in [0.2, 0.25) is 0 Å². The molecule has 3 rings (SSSR count). The van der Waals surface area contributed by atoms with Crippen molar-refractivity contribution < 1.29 is 9.90 Å². The molecule has 1 N–H and O–H groups in total. The molecule has 0 saturated carbocycles. The number of hydrogen-bond donors (Lipinski definition) is 1. The molecule has 1 aromatic heterocycles. The molecule has 0 fully saturated rings. The zero-order chi connectivity index (χ0) is 14.4. The summed E-state index contributed by atoms with van der Waals surface area (Å²) in [5.41, 5.74) is 2.42. The first-order chi connectivity index (χ1) is 9.50. The number of carboxylic acid groups (broad SMARTS) is 1. The molecule has 1 heterocycles. The van der Waals surface area contributed by atoms with Crippen molar-refractivity contribution in [2.45, 2.75) is 32.1 Å². The molecule has 2 aromatic rings. The Labute approximate surface area is 126 Å². The van der Waals surface area contributed by atoms with Crippen LogP contribution < -0.4 is 0 Å². The van der Waals surface area contributed by atoms with Crippen molar-refractivity contribution in [3.8, 4) is 0 Å². The molecule has 1 aliphatic rings. The quantitative estimate of drug-likeness (QED) is 0.832. The highest BCUT2D eigenvalue weighted by Gasteiger charge is 2.27. The number of pyridine rings is 1. The number of nitrogens with zero attached hydrogens (tertiary/aromatic N) is 1. The van der Waals surface area contributed by atoms with E-state index < -0.39 is 5.97 Å². The summed E-state index contributed by atoms with van der Waals surface area (Å²) in [4.78, 5) is 16.3. The highest BCUT2D eigenvalue weighted by molar-refractivity contribution is 6.41. The first-order valence-corrected chi connectivity index (χ1v) is 7.30. The Bertz CT molecular complexity index is 728. The first-order valence-electron chi connectivity index (χ1n) is 6.54. The van der Waals surface area contributed by atoms with E-state index in [1.165, 1.54) is 0 Å². The van der Waals surface area contributed by atoms with Gasteiger partial charge in [-0.05, 0) is 42.9 Å². The van der Waals surface area contributed by atoms with Crippen LogP contribution in [-0.4, -0.2) is 16.1 Å². The van der Waals surface area contributed by atoms with E-state index in [1.807, 2.05) is 0 Å². The zero-order valence-electron chi connectivity index (χ0n) is 10.9. The molecular weight excluding hydrogens is 297 g/mol. The molecule has 1 aliphatic carbocycles. The topological polar surface area (TPSA) is 50.2 Å². The summed E-state index contributed by atoms with van der Waals surface area (Å²) in [5.74, 6) is -0.719. The van der Waals surface area contributed by atoms with Gasteiger partial charge in [0.05, 0.1) is 21.1 Å². The number of aromatic nitrogens is 1. The van der Waals surface area contributed by atoms with Gasteiger partial charge in [0.1, 0.15) is 0 Å². The van der Waals surface area contributed by atoms with Crippen LogP contribution in [0.2, 0.25) is 10.0 Å². The van der Waals surface area contributed by atoms with Gasteiger partial charge in [0, 0.05) is 11.1 Å². The fourth-order valence-corrected chi connectivity index (χ4v) is 3.42. The van der Waals surface area contributed by atoms with Crippen LogP contribution in [-0.2, 0) is 6.42 Å². The smallest absolute Gasteiger partial charge is 0.336 e. The average molecular weight is 310 g/mol. The van der Waals surface area contributed by atoms with Crippen molar-refractivity contribution >= 4 is 40.1 Å². The predicted octanol–water partition coefficient (Wildman–Crippen LogP) is 4.68. The Morgan fingerprint density at radius 3 is 2.75 bits per heavy atom. The van der Waals surface area contributed by atoms with E-state index in [9.17, 15) is 9.90 Å². The van der Waals surface area contributed by atoms with Crippen LogP contribution in [0.25, 0.3) is 10.9 Å². The lowest BCUT2D eigenvalue weighted by atomic mass is 9.84. The van der Waals surface area contributed by atoms with Crippen LogP contribution in [0.15, 0.2) is 12.1 Å². The summed E-state index contributed by atoms with van der Waals surface area (Å²) in [5, 5.41) is 10.9. The van der Waals surface area contributed by atoms with E-state index >= 15 is 0 Å². The molecule has 20 heavy (non-hydrogen) atoms. The molecule has 0 amide bonds. The SMILES string of the molecule is CC1CCCc2c1nc1c(Cl)ccc(Cl)c1c2C(=O)O. The fraction of sp³-hybridized carbons (Fsp3) is 0.333. The summed E-state index contributed by atoms with van der Waals surface area (Å²) in [6.07, 6.45) is 2.72. The van der Waals surface area contributed by atoms with Crippen molar-refractivity contribution in [1.82, 2.24) is 4.98 Å². The summed E-state index contributed by atoms with van der Waals surface area (Å²) >= 11 is 12.4. The largest absolute Gasteiger partial charge is 0.478 e. The van der Waals surface area contributed by atoms with E-state index in [0.29, 0.717) is 20.9 Å². The van der Waals surface area contributed by atoms with Crippen LogP contribution in [0.3, 0.4) is 0 Å². The van der Waals surface area contributed by atoms with Crippen LogP contribution in [0.4, 0.5) is 0 Å². The summed E-state index contributed by atoms with van der Waals surface area (Å²) in [6, 6.07) is 3.28. The Kier molecular flexibility index (Phi) is 3.35. The monoisotopic (exact) mass is 309 g/mol. The maximum atomic E-state index is 11.7. The molecule has 0 saturated heterocycles. The molecule has 0 radical (unpaired) electrons. The third-order valence-electron chi connectivity index (χ3n) is 3.92. The lowest BCUT2D eigenvalue weighted by Crippen LogP contribution is -2.16. The second-order valence-electron chi connectivity index (χ2n) is 5.20. The van der Waals surface area contributed by atoms with Crippen molar-refractivity contribution in [2.75, 3.05) is 0 Å². The molecule has 0 aliphatic heterocycles. The van der Waals surface area contributed by atoms with Crippen molar-refractivity contribution in [2.24, 2.45) is 0 Å². The van der Waals surface area contributed by atoms with Gasteiger partial charge in [0.25, 0.3) is 0 Å². The molecule has 3 nitrogen and oxygen atoms in total. The molecule has 1 aromatic carbocycles. The van der Waals surface area contributed by atoms with Crippen molar-refractivity contribution in [3.63, 3.8) is 0 Å². The lowest BCUT2D eigenvalue weighted by Gasteiger charge is -2.24.